The number of allylic oxidation sites excluding steroid dienone is 2. The Morgan fingerprint density at radius 3 is 2.57 bits per heavy atom. The highest BCUT2D eigenvalue weighted by molar-refractivity contribution is 6.08. The Labute approximate surface area is 168 Å². The van der Waals surface area contributed by atoms with Gasteiger partial charge in [-0.15, -0.1) is 0 Å². The Kier molecular flexibility index (Phi) is 6.82. The average molecular weight is 382 g/mol. The maximum Gasteiger partial charge on any atom is 0.315 e. The molecule has 0 saturated heterocycles. The Bertz CT molecular complexity index is 789. The molecule has 0 bridgehead atoms. The van der Waals surface area contributed by atoms with Crippen LogP contribution < -0.4 is 0 Å². The Balaban J connectivity index is 1.96. The van der Waals surface area contributed by atoms with Crippen LogP contribution in [-0.4, -0.2) is 24.1 Å². The van der Waals surface area contributed by atoms with Gasteiger partial charge in [-0.25, -0.2) is 0 Å². The summed E-state index contributed by atoms with van der Waals surface area (Å²) in [5.41, 5.74) is 4.61. The number of hydrogen-bond acceptors (Lipinski definition) is 4. The van der Waals surface area contributed by atoms with Crippen LogP contribution in [-0.2, 0) is 20.7 Å². The Morgan fingerprint density at radius 1 is 1.14 bits per heavy atom. The second kappa shape index (κ2) is 9.31. The molecular weight excluding hydrogens is 350 g/mol. The van der Waals surface area contributed by atoms with Crippen LogP contribution in [0.25, 0.3) is 0 Å². The second-order valence-corrected chi connectivity index (χ2v) is 7.82. The van der Waals surface area contributed by atoms with E-state index in [4.69, 9.17) is 4.74 Å². The molecule has 0 saturated carbocycles. The van der Waals surface area contributed by atoms with Crippen LogP contribution >= 0.6 is 0 Å². The zero-order valence-electron chi connectivity index (χ0n) is 17.3. The van der Waals surface area contributed by atoms with Crippen LogP contribution in [0.5, 0.6) is 0 Å². The standard InChI is InChI=1S/C24H31NO3/c1-4-6-7-15-28-24(27)21-16(3)25-19-9-8-10-20(26)23(19)22(21)18-13-11-17(5-2)12-14-18/h11-14,21-22H,4-10,15H2,1-3H3/t21?,22-/m0/s1. The third-order valence-corrected chi connectivity index (χ3v) is 5.83. The first-order valence-electron chi connectivity index (χ1n) is 10.6. The van der Waals surface area contributed by atoms with Crippen LogP contribution in [0.2, 0.25) is 0 Å². The average Bonchev–Trinajstić information content (AvgIpc) is 2.70. The SMILES string of the molecule is CCCCCOC(=O)C1C(C)=NC2=C(C(=O)CCC2)[C@H]1c1ccc(CC)cc1. The summed E-state index contributed by atoms with van der Waals surface area (Å²) in [7, 11) is 0. The molecule has 1 aliphatic heterocycles. The molecule has 1 aromatic carbocycles. The number of esters is 1. The summed E-state index contributed by atoms with van der Waals surface area (Å²) >= 11 is 0. The predicted octanol–water partition coefficient (Wildman–Crippen LogP) is 5.16. The van der Waals surface area contributed by atoms with Crippen molar-refractivity contribution in [3.63, 3.8) is 0 Å². The molecule has 1 heterocycles. The van der Waals surface area contributed by atoms with Gasteiger partial charge in [0.05, 0.1) is 6.61 Å². The summed E-state index contributed by atoms with van der Waals surface area (Å²) in [6, 6.07) is 8.30. The number of rotatable bonds is 7. The lowest BCUT2D eigenvalue weighted by Gasteiger charge is -2.34. The van der Waals surface area contributed by atoms with E-state index in [0.717, 1.165) is 61.1 Å². The number of unbranched alkanes of at least 4 members (excludes halogenated alkanes) is 2. The molecule has 4 heteroatoms. The molecule has 0 radical (unpaired) electrons. The topological polar surface area (TPSA) is 55.7 Å². The number of carbonyl (C=O) groups excluding carboxylic acids is 2. The van der Waals surface area contributed by atoms with E-state index in [1.54, 1.807) is 0 Å². The molecule has 28 heavy (non-hydrogen) atoms. The van der Waals surface area contributed by atoms with E-state index in [1.807, 2.05) is 6.92 Å². The molecule has 3 rings (SSSR count). The molecule has 2 atom stereocenters. The minimum Gasteiger partial charge on any atom is -0.465 e. The van der Waals surface area contributed by atoms with E-state index in [0.29, 0.717) is 13.0 Å². The van der Waals surface area contributed by atoms with Crippen LogP contribution in [0.3, 0.4) is 0 Å². The summed E-state index contributed by atoms with van der Waals surface area (Å²) in [5, 5.41) is 0. The van der Waals surface area contributed by atoms with E-state index in [1.165, 1.54) is 5.56 Å². The number of hydrogen-bond donors (Lipinski definition) is 0. The van der Waals surface area contributed by atoms with Gasteiger partial charge in [-0.3, -0.25) is 14.6 Å². The minimum atomic E-state index is -0.519. The molecule has 1 aromatic rings. The molecule has 1 unspecified atom stereocenters. The molecule has 0 spiro atoms. The van der Waals surface area contributed by atoms with Crippen molar-refractivity contribution in [2.24, 2.45) is 10.9 Å². The maximum absolute atomic E-state index is 13.0. The first-order chi connectivity index (χ1) is 13.6. The number of ketones is 1. The Hall–Kier alpha value is -2.23. The number of ether oxygens (including phenoxy) is 1. The van der Waals surface area contributed by atoms with Crippen LogP contribution in [0, 0.1) is 5.92 Å². The lowest BCUT2D eigenvalue weighted by molar-refractivity contribution is -0.146. The van der Waals surface area contributed by atoms with Gasteiger partial charge in [0.2, 0.25) is 0 Å². The van der Waals surface area contributed by atoms with Crippen molar-refractivity contribution in [3.8, 4) is 0 Å². The summed E-state index contributed by atoms with van der Waals surface area (Å²) in [6.45, 7) is 6.57. The third-order valence-electron chi connectivity index (χ3n) is 5.83. The first kappa shape index (κ1) is 20.5. The van der Waals surface area contributed by atoms with Crippen molar-refractivity contribution in [3.05, 3.63) is 46.7 Å². The fraction of sp³-hybridized carbons (Fsp3) is 0.542. The minimum absolute atomic E-state index is 0.130. The van der Waals surface area contributed by atoms with Crippen molar-refractivity contribution in [2.75, 3.05) is 6.61 Å². The number of carbonyl (C=O) groups is 2. The Morgan fingerprint density at radius 2 is 1.89 bits per heavy atom. The van der Waals surface area contributed by atoms with E-state index in [-0.39, 0.29) is 17.7 Å². The molecule has 1 aliphatic carbocycles. The van der Waals surface area contributed by atoms with Crippen molar-refractivity contribution in [1.82, 2.24) is 0 Å². The third kappa shape index (κ3) is 4.26. The van der Waals surface area contributed by atoms with Gasteiger partial charge >= 0.3 is 5.97 Å². The molecular formula is C24H31NO3. The second-order valence-electron chi connectivity index (χ2n) is 7.82. The zero-order valence-corrected chi connectivity index (χ0v) is 17.3. The van der Waals surface area contributed by atoms with Crippen molar-refractivity contribution in [2.45, 2.75) is 71.6 Å². The van der Waals surface area contributed by atoms with E-state index < -0.39 is 5.92 Å². The predicted molar refractivity (Wildman–Crippen MR) is 112 cm³/mol. The van der Waals surface area contributed by atoms with E-state index in [9.17, 15) is 9.59 Å². The van der Waals surface area contributed by atoms with Gasteiger partial charge in [0.25, 0.3) is 0 Å². The zero-order chi connectivity index (χ0) is 20.1. The highest BCUT2D eigenvalue weighted by Crippen LogP contribution is 2.43. The van der Waals surface area contributed by atoms with E-state index in [2.05, 4.69) is 43.1 Å². The van der Waals surface area contributed by atoms with Gasteiger partial charge in [0.1, 0.15) is 5.92 Å². The number of nitrogens with zero attached hydrogens (tertiary/aromatic N) is 1. The van der Waals surface area contributed by atoms with Gasteiger partial charge < -0.3 is 4.74 Å². The fourth-order valence-electron chi connectivity index (χ4n) is 4.25. The van der Waals surface area contributed by atoms with Crippen LogP contribution in [0.1, 0.15) is 76.3 Å². The smallest absolute Gasteiger partial charge is 0.315 e. The van der Waals surface area contributed by atoms with Crippen LogP contribution in [0.15, 0.2) is 40.5 Å². The molecule has 150 valence electrons. The summed E-state index contributed by atoms with van der Waals surface area (Å²) < 4.78 is 5.61. The van der Waals surface area contributed by atoms with Gasteiger partial charge in [-0.1, -0.05) is 51.0 Å². The van der Waals surface area contributed by atoms with Gasteiger partial charge in [0.15, 0.2) is 5.78 Å². The normalized spacial score (nSPS) is 22.0. The first-order valence-corrected chi connectivity index (χ1v) is 10.6. The molecule has 0 aromatic heterocycles. The van der Waals surface area contributed by atoms with Gasteiger partial charge in [0, 0.05) is 29.3 Å². The monoisotopic (exact) mass is 381 g/mol. The molecule has 0 amide bonds. The van der Waals surface area contributed by atoms with Crippen molar-refractivity contribution < 1.29 is 14.3 Å². The summed E-state index contributed by atoms with van der Waals surface area (Å²) in [6.07, 6.45) is 6.13. The number of Topliss-reactive ketones (excluding diaryl/α,β-unsaturated/α-hetero) is 1. The van der Waals surface area contributed by atoms with Gasteiger partial charge in [-0.05, 0) is 43.7 Å². The number of benzene rings is 1. The lowest BCUT2D eigenvalue weighted by Crippen LogP contribution is -2.37. The van der Waals surface area contributed by atoms with E-state index >= 15 is 0 Å². The lowest BCUT2D eigenvalue weighted by atomic mass is 9.71. The maximum atomic E-state index is 13.0. The highest BCUT2D eigenvalue weighted by Gasteiger charge is 2.43. The largest absolute Gasteiger partial charge is 0.465 e. The molecule has 0 N–H and O–H groups in total. The molecule has 4 nitrogen and oxygen atoms in total. The molecule has 2 aliphatic rings. The highest BCUT2D eigenvalue weighted by atomic mass is 16.5. The molecule has 0 fully saturated rings. The summed E-state index contributed by atoms with van der Waals surface area (Å²) in [5.74, 6) is -0.933. The van der Waals surface area contributed by atoms with Crippen molar-refractivity contribution in [1.29, 1.82) is 0 Å². The van der Waals surface area contributed by atoms with Crippen molar-refractivity contribution >= 4 is 17.5 Å². The summed E-state index contributed by atoms with van der Waals surface area (Å²) in [4.78, 5) is 30.5. The quantitative estimate of drug-likeness (QED) is 0.484. The van der Waals surface area contributed by atoms with Gasteiger partial charge in [-0.2, -0.15) is 0 Å². The fourth-order valence-corrected chi connectivity index (χ4v) is 4.25. The number of aliphatic imine (C=N–C) groups is 1. The van der Waals surface area contributed by atoms with Crippen LogP contribution in [0.4, 0.5) is 0 Å². The number of aryl methyl sites for hydroxylation is 1.